The molecule has 20 heavy (non-hydrogen) atoms. The van der Waals surface area contributed by atoms with Gasteiger partial charge in [-0.25, -0.2) is 0 Å². The Morgan fingerprint density at radius 1 is 1.25 bits per heavy atom. The summed E-state index contributed by atoms with van der Waals surface area (Å²) in [5.74, 6) is -0.126. The minimum Gasteiger partial charge on any atom is -0.376 e. The molecule has 112 valence electrons. The summed E-state index contributed by atoms with van der Waals surface area (Å²) in [6.07, 6.45) is 0. The molecule has 0 heterocycles. The molecule has 5 heteroatoms. The van der Waals surface area contributed by atoms with Crippen molar-refractivity contribution in [3.8, 4) is 0 Å². The van der Waals surface area contributed by atoms with Gasteiger partial charge in [-0.3, -0.25) is 4.79 Å². The number of nitrogens with zero attached hydrogens (tertiary/aromatic N) is 1. The third-order valence-electron chi connectivity index (χ3n) is 3.87. The molecule has 0 unspecified atom stereocenters. The second-order valence-corrected chi connectivity index (χ2v) is 6.77. The first-order valence-electron chi connectivity index (χ1n) is 6.54. The molecule has 0 atom stereocenters. The Balaban J connectivity index is 2.95. The van der Waals surface area contributed by atoms with Crippen molar-refractivity contribution in [2.45, 2.75) is 33.2 Å². The molecule has 0 saturated carbocycles. The number of carbonyl (C=O) groups is 1. The van der Waals surface area contributed by atoms with E-state index < -0.39 is 11.0 Å². The molecular formula is C15H24ClN3O. The number of halogens is 1. The first-order chi connectivity index (χ1) is 8.96. The predicted octanol–water partition coefficient (Wildman–Crippen LogP) is 3.11. The van der Waals surface area contributed by atoms with Crippen LogP contribution in [0.5, 0.6) is 0 Å². The van der Waals surface area contributed by atoms with Gasteiger partial charge in [0.05, 0.1) is 16.1 Å². The molecule has 1 amide bonds. The number of nitrogens with one attached hydrogen (secondary N) is 1. The molecule has 0 fully saturated rings. The molecule has 1 rings (SSSR count). The van der Waals surface area contributed by atoms with E-state index in [9.17, 15) is 4.79 Å². The summed E-state index contributed by atoms with van der Waals surface area (Å²) >= 11 is 6.19. The molecular weight excluding hydrogens is 274 g/mol. The van der Waals surface area contributed by atoms with E-state index in [1.165, 1.54) is 0 Å². The lowest BCUT2D eigenvalue weighted by atomic mass is 9.74. The molecule has 1 aromatic rings. The van der Waals surface area contributed by atoms with Gasteiger partial charge in [0.2, 0.25) is 5.91 Å². The first-order valence-corrected chi connectivity index (χ1v) is 6.92. The van der Waals surface area contributed by atoms with Crippen molar-refractivity contribution in [1.29, 1.82) is 0 Å². The van der Waals surface area contributed by atoms with Crippen LogP contribution in [0.1, 0.15) is 27.7 Å². The van der Waals surface area contributed by atoms with Crippen molar-refractivity contribution < 1.29 is 4.79 Å². The third-order valence-corrected chi connectivity index (χ3v) is 4.17. The van der Waals surface area contributed by atoms with Gasteiger partial charge in [-0.15, -0.1) is 0 Å². The number of hydrogen-bond donors (Lipinski definition) is 2. The Morgan fingerprint density at radius 2 is 1.80 bits per heavy atom. The normalized spacial score (nSPS) is 12.2. The standard InChI is InChI=1S/C15H24ClN3O/c1-14(2,15(3,4)17)13(20)18-10-7-8-12(19(5)6)11(16)9-10/h7-9H,17H2,1-6H3,(H,18,20). The van der Waals surface area contributed by atoms with Crippen molar-refractivity contribution in [3.05, 3.63) is 23.2 Å². The highest BCUT2D eigenvalue weighted by atomic mass is 35.5. The van der Waals surface area contributed by atoms with Crippen LogP contribution in [0.25, 0.3) is 0 Å². The molecule has 0 aliphatic carbocycles. The van der Waals surface area contributed by atoms with Gasteiger partial charge in [-0.2, -0.15) is 0 Å². The number of anilines is 2. The lowest BCUT2D eigenvalue weighted by Gasteiger charge is -2.36. The number of nitrogens with two attached hydrogens (primary N) is 1. The number of rotatable bonds is 4. The Labute approximate surface area is 126 Å². The average molecular weight is 298 g/mol. The summed E-state index contributed by atoms with van der Waals surface area (Å²) in [5, 5.41) is 3.47. The Kier molecular flexibility index (Phi) is 4.72. The second-order valence-electron chi connectivity index (χ2n) is 6.36. The molecule has 1 aromatic carbocycles. The number of amides is 1. The Bertz CT molecular complexity index is 504. The zero-order valence-electron chi connectivity index (χ0n) is 13.0. The van der Waals surface area contributed by atoms with E-state index in [0.29, 0.717) is 10.7 Å². The number of carbonyl (C=O) groups excluding carboxylic acids is 1. The minimum absolute atomic E-state index is 0.126. The molecule has 0 spiro atoms. The quantitative estimate of drug-likeness (QED) is 0.898. The van der Waals surface area contributed by atoms with Gasteiger partial charge in [0.25, 0.3) is 0 Å². The maximum Gasteiger partial charge on any atom is 0.231 e. The average Bonchev–Trinajstić information content (AvgIpc) is 2.26. The van der Waals surface area contributed by atoms with Crippen molar-refractivity contribution >= 4 is 28.9 Å². The molecule has 0 aliphatic rings. The highest BCUT2D eigenvalue weighted by Crippen LogP contribution is 2.32. The molecule has 0 radical (unpaired) electrons. The maximum absolute atomic E-state index is 12.4. The molecule has 0 aromatic heterocycles. The van der Waals surface area contributed by atoms with Gasteiger partial charge in [0.15, 0.2) is 0 Å². The zero-order chi connectivity index (χ0) is 15.7. The number of benzene rings is 1. The Morgan fingerprint density at radius 3 is 2.20 bits per heavy atom. The summed E-state index contributed by atoms with van der Waals surface area (Å²) in [7, 11) is 3.83. The zero-order valence-corrected chi connectivity index (χ0v) is 13.8. The number of hydrogen-bond acceptors (Lipinski definition) is 3. The summed E-state index contributed by atoms with van der Waals surface area (Å²) in [4.78, 5) is 14.3. The van der Waals surface area contributed by atoms with E-state index in [-0.39, 0.29) is 5.91 Å². The van der Waals surface area contributed by atoms with Crippen molar-refractivity contribution in [2.24, 2.45) is 11.1 Å². The molecule has 4 nitrogen and oxygen atoms in total. The van der Waals surface area contributed by atoms with Crippen LogP contribution in [-0.2, 0) is 4.79 Å². The highest BCUT2D eigenvalue weighted by Gasteiger charge is 2.40. The smallest absolute Gasteiger partial charge is 0.231 e. The molecule has 0 saturated heterocycles. The highest BCUT2D eigenvalue weighted by molar-refractivity contribution is 6.33. The van der Waals surface area contributed by atoms with E-state index in [4.69, 9.17) is 17.3 Å². The summed E-state index contributed by atoms with van der Waals surface area (Å²) in [6, 6.07) is 5.45. The third kappa shape index (κ3) is 3.44. The minimum atomic E-state index is -0.695. The monoisotopic (exact) mass is 297 g/mol. The summed E-state index contributed by atoms with van der Waals surface area (Å²) < 4.78 is 0. The summed E-state index contributed by atoms with van der Waals surface area (Å²) in [5.41, 5.74) is 6.33. The van der Waals surface area contributed by atoms with Gasteiger partial charge < -0.3 is 16.0 Å². The van der Waals surface area contributed by atoms with Gasteiger partial charge in [-0.05, 0) is 45.9 Å². The van der Waals surface area contributed by atoms with Crippen molar-refractivity contribution in [2.75, 3.05) is 24.3 Å². The lowest BCUT2D eigenvalue weighted by Crippen LogP contribution is -2.53. The van der Waals surface area contributed by atoms with Crippen LogP contribution < -0.4 is 16.0 Å². The van der Waals surface area contributed by atoms with Gasteiger partial charge in [0.1, 0.15) is 0 Å². The molecule has 3 N–H and O–H groups in total. The molecule has 0 aliphatic heterocycles. The fraction of sp³-hybridized carbons (Fsp3) is 0.533. The van der Waals surface area contributed by atoms with Crippen LogP contribution in [-0.4, -0.2) is 25.5 Å². The lowest BCUT2D eigenvalue weighted by molar-refractivity contribution is -0.126. The van der Waals surface area contributed by atoms with Crippen molar-refractivity contribution in [3.63, 3.8) is 0 Å². The Hall–Kier alpha value is -1.26. The van der Waals surface area contributed by atoms with E-state index in [1.807, 2.05) is 58.8 Å². The van der Waals surface area contributed by atoms with Crippen LogP contribution in [0.3, 0.4) is 0 Å². The predicted molar refractivity (Wildman–Crippen MR) is 86.5 cm³/mol. The maximum atomic E-state index is 12.4. The van der Waals surface area contributed by atoms with Gasteiger partial charge in [0, 0.05) is 25.3 Å². The van der Waals surface area contributed by atoms with E-state index >= 15 is 0 Å². The van der Waals surface area contributed by atoms with Gasteiger partial charge >= 0.3 is 0 Å². The van der Waals surface area contributed by atoms with E-state index in [1.54, 1.807) is 6.07 Å². The fourth-order valence-corrected chi connectivity index (χ4v) is 1.88. The SMILES string of the molecule is CN(C)c1ccc(NC(=O)C(C)(C)C(C)(C)N)cc1Cl. The second kappa shape index (κ2) is 5.62. The van der Waals surface area contributed by atoms with Crippen molar-refractivity contribution in [1.82, 2.24) is 0 Å². The fourth-order valence-electron chi connectivity index (χ4n) is 1.53. The van der Waals surface area contributed by atoms with Crippen LogP contribution in [0.15, 0.2) is 18.2 Å². The van der Waals surface area contributed by atoms with Gasteiger partial charge in [-0.1, -0.05) is 11.6 Å². The van der Waals surface area contributed by atoms with Crippen LogP contribution in [0.2, 0.25) is 5.02 Å². The van der Waals surface area contributed by atoms with E-state index in [2.05, 4.69) is 5.32 Å². The van der Waals surface area contributed by atoms with E-state index in [0.717, 1.165) is 5.69 Å². The van der Waals surface area contributed by atoms with Crippen LogP contribution >= 0.6 is 11.6 Å². The topological polar surface area (TPSA) is 58.4 Å². The van der Waals surface area contributed by atoms with Crippen LogP contribution in [0, 0.1) is 5.41 Å². The molecule has 0 bridgehead atoms. The van der Waals surface area contributed by atoms with Crippen LogP contribution in [0.4, 0.5) is 11.4 Å². The summed E-state index contributed by atoms with van der Waals surface area (Å²) in [6.45, 7) is 7.35. The largest absolute Gasteiger partial charge is 0.376 e. The first kappa shape index (κ1) is 16.8.